The minimum Gasteiger partial charge on any atom is -0.494 e. The first-order chi connectivity index (χ1) is 16.1. The number of nitrogens with zero attached hydrogens (tertiary/aromatic N) is 3. The molecule has 5 rings (SSSR count). The Morgan fingerprint density at radius 1 is 1.18 bits per heavy atom. The van der Waals surface area contributed by atoms with Crippen LogP contribution in [0.25, 0.3) is 0 Å². The molecule has 1 aliphatic heterocycles. The normalized spacial score (nSPS) is 22.1. The number of hydrogen-bond acceptors (Lipinski definition) is 6. The molecule has 176 valence electrons. The molecule has 2 aliphatic carbocycles. The van der Waals surface area contributed by atoms with Gasteiger partial charge in [-0.2, -0.15) is 4.98 Å². The molecule has 1 amide bonds. The Hall–Kier alpha value is -2.83. The molecular weight excluding hydrogens is 414 g/mol. The maximum atomic E-state index is 13.1. The molecule has 0 radical (unpaired) electrons. The zero-order chi connectivity index (χ0) is 22.8. The van der Waals surface area contributed by atoms with Gasteiger partial charge in [0.05, 0.1) is 6.61 Å². The number of carbonyl (C=O) groups excluding carboxylic acids is 1. The number of fused-ring (bicyclic) bond motifs is 1. The van der Waals surface area contributed by atoms with Gasteiger partial charge in [-0.15, -0.1) is 0 Å². The minimum absolute atomic E-state index is 0.0805. The summed E-state index contributed by atoms with van der Waals surface area (Å²) in [6.45, 7) is 7.33. The lowest BCUT2D eigenvalue weighted by Gasteiger charge is -2.24. The summed E-state index contributed by atoms with van der Waals surface area (Å²) in [5, 5.41) is 6.65. The first-order valence-corrected chi connectivity index (χ1v) is 12.5. The minimum atomic E-state index is -0.0805. The lowest BCUT2D eigenvalue weighted by Crippen LogP contribution is -2.37. The zero-order valence-electron chi connectivity index (χ0n) is 19.8. The Balaban J connectivity index is 1.34. The number of nitrogens with one attached hydrogen (secondary N) is 2. The van der Waals surface area contributed by atoms with Gasteiger partial charge in [0.1, 0.15) is 17.1 Å². The van der Waals surface area contributed by atoms with Crippen LogP contribution in [0.1, 0.15) is 66.9 Å². The molecular formula is C26H35N5O2. The third-order valence-corrected chi connectivity index (χ3v) is 7.22. The second kappa shape index (κ2) is 9.57. The number of piperidine rings is 1. The van der Waals surface area contributed by atoms with Crippen LogP contribution in [0.5, 0.6) is 5.75 Å². The van der Waals surface area contributed by atoms with E-state index >= 15 is 0 Å². The van der Waals surface area contributed by atoms with E-state index < -0.39 is 0 Å². The molecule has 2 atom stereocenters. The topological polar surface area (TPSA) is 79.4 Å². The van der Waals surface area contributed by atoms with Crippen molar-refractivity contribution < 1.29 is 9.53 Å². The molecule has 0 bridgehead atoms. The maximum absolute atomic E-state index is 13.1. The van der Waals surface area contributed by atoms with Gasteiger partial charge in [0.15, 0.2) is 0 Å². The molecule has 1 aromatic carbocycles. The van der Waals surface area contributed by atoms with E-state index in [-0.39, 0.29) is 11.9 Å². The second-order valence-corrected chi connectivity index (χ2v) is 9.79. The quantitative estimate of drug-likeness (QED) is 0.625. The van der Waals surface area contributed by atoms with Crippen LogP contribution in [-0.2, 0) is 6.54 Å². The van der Waals surface area contributed by atoms with Crippen LogP contribution in [0, 0.1) is 18.8 Å². The monoisotopic (exact) mass is 449 g/mol. The van der Waals surface area contributed by atoms with Crippen molar-refractivity contribution in [2.75, 3.05) is 29.9 Å². The number of anilines is 2. The lowest BCUT2D eigenvalue weighted by molar-refractivity contribution is 0.0928. The van der Waals surface area contributed by atoms with E-state index in [0.717, 1.165) is 60.6 Å². The van der Waals surface area contributed by atoms with Crippen molar-refractivity contribution in [2.24, 2.45) is 11.8 Å². The fraction of sp³-hybridized carbons (Fsp3) is 0.577. The van der Waals surface area contributed by atoms with Crippen molar-refractivity contribution in [1.29, 1.82) is 0 Å². The third kappa shape index (κ3) is 5.07. The van der Waals surface area contributed by atoms with E-state index in [1.165, 1.54) is 25.7 Å². The van der Waals surface area contributed by atoms with E-state index in [1.807, 2.05) is 13.0 Å². The predicted octanol–water partition coefficient (Wildman–Crippen LogP) is 4.31. The first-order valence-electron chi connectivity index (χ1n) is 12.5. The molecule has 2 saturated carbocycles. The van der Waals surface area contributed by atoms with Gasteiger partial charge in [0.2, 0.25) is 5.95 Å². The molecule has 1 saturated heterocycles. The molecule has 2 unspecified atom stereocenters. The van der Waals surface area contributed by atoms with Gasteiger partial charge in [-0.1, -0.05) is 31.4 Å². The molecule has 2 heterocycles. The average Bonchev–Trinajstić information content (AvgIpc) is 3.44. The molecule has 7 heteroatoms. The Labute approximate surface area is 196 Å². The standard InChI is InChI=1S/C26H35N5O2/c1-3-33-23-10-9-18(11-17(23)2)13-27-24-22(25(32)29-21-7-5-4-6-8-21)14-28-26(30-24)31-15-19-12-20(19)16-31/h9-11,14,19-21H,3-8,12-13,15-16H2,1-2H3,(H,29,32)(H,27,28,30). The SMILES string of the molecule is CCOc1ccc(CNc2nc(N3CC4CC4C3)ncc2C(=O)NC2CCCCC2)cc1C. The number of carbonyl (C=O) groups is 1. The number of aromatic nitrogens is 2. The first kappa shape index (κ1) is 22.0. The highest BCUT2D eigenvalue weighted by molar-refractivity contribution is 5.98. The Morgan fingerprint density at radius 2 is 1.97 bits per heavy atom. The van der Waals surface area contributed by atoms with Crippen molar-refractivity contribution in [2.45, 2.75) is 65.0 Å². The predicted molar refractivity (Wildman–Crippen MR) is 130 cm³/mol. The van der Waals surface area contributed by atoms with Crippen molar-refractivity contribution >= 4 is 17.7 Å². The Morgan fingerprint density at radius 3 is 2.70 bits per heavy atom. The van der Waals surface area contributed by atoms with Crippen LogP contribution in [0.3, 0.4) is 0 Å². The van der Waals surface area contributed by atoms with Crippen molar-refractivity contribution in [3.63, 3.8) is 0 Å². The van der Waals surface area contributed by atoms with Gasteiger partial charge >= 0.3 is 0 Å². The smallest absolute Gasteiger partial charge is 0.256 e. The number of rotatable bonds is 8. The number of benzene rings is 1. The number of amides is 1. The molecule has 3 aliphatic rings. The van der Waals surface area contributed by atoms with E-state index in [0.29, 0.717) is 24.5 Å². The van der Waals surface area contributed by atoms with Crippen LogP contribution in [0.4, 0.5) is 11.8 Å². The maximum Gasteiger partial charge on any atom is 0.256 e. The van der Waals surface area contributed by atoms with Crippen molar-refractivity contribution in [3.05, 3.63) is 41.1 Å². The van der Waals surface area contributed by atoms with Gasteiger partial charge in [0, 0.05) is 31.9 Å². The molecule has 2 aromatic rings. The zero-order valence-corrected chi connectivity index (χ0v) is 19.8. The van der Waals surface area contributed by atoms with Crippen LogP contribution in [0.2, 0.25) is 0 Å². The Kier molecular flexibility index (Phi) is 6.38. The fourth-order valence-corrected chi connectivity index (χ4v) is 5.22. The largest absolute Gasteiger partial charge is 0.494 e. The molecule has 2 N–H and O–H groups in total. The summed E-state index contributed by atoms with van der Waals surface area (Å²) in [4.78, 5) is 24.8. The number of hydrogen-bond donors (Lipinski definition) is 2. The molecule has 33 heavy (non-hydrogen) atoms. The van der Waals surface area contributed by atoms with E-state index in [2.05, 4.69) is 39.6 Å². The second-order valence-electron chi connectivity index (χ2n) is 9.79. The lowest BCUT2D eigenvalue weighted by atomic mass is 9.95. The summed E-state index contributed by atoms with van der Waals surface area (Å²) in [7, 11) is 0. The molecule has 7 nitrogen and oxygen atoms in total. The summed E-state index contributed by atoms with van der Waals surface area (Å²) in [6, 6.07) is 6.44. The summed E-state index contributed by atoms with van der Waals surface area (Å²) >= 11 is 0. The van der Waals surface area contributed by atoms with Crippen molar-refractivity contribution in [1.82, 2.24) is 15.3 Å². The summed E-state index contributed by atoms with van der Waals surface area (Å²) in [6.07, 6.45) is 8.76. The van der Waals surface area contributed by atoms with Gasteiger partial charge < -0.3 is 20.3 Å². The molecule has 1 aromatic heterocycles. The van der Waals surface area contributed by atoms with Crippen molar-refractivity contribution in [3.8, 4) is 5.75 Å². The number of ether oxygens (including phenoxy) is 1. The number of aryl methyl sites for hydroxylation is 1. The third-order valence-electron chi connectivity index (χ3n) is 7.22. The summed E-state index contributed by atoms with van der Waals surface area (Å²) < 4.78 is 5.66. The van der Waals surface area contributed by atoms with Gasteiger partial charge in [-0.3, -0.25) is 4.79 Å². The van der Waals surface area contributed by atoms with Crippen LogP contribution in [-0.4, -0.2) is 41.6 Å². The average molecular weight is 450 g/mol. The van der Waals surface area contributed by atoms with Gasteiger partial charge in [-0.05, 0) is 62.1 Å². The highest BCUT2D eigenvalue weighted by Gasteiger charge is 2.46. The molecule has 0 spiro atoms. The van der Waals surface area contributed by atoms with E-state index in [1.54, 1.807) is 6.20 Å². The van der Waals surface area contributed by atoms with Gasteiger partial charge in [0.25, 0.3) is 5.91 Å². The van der Waals surface area contributed by atoms with E-state index in [4.69, 9.17) is 9.72 Å². The molecule has 3 fully saturated rings. The summed E-state index contributed by atoms with van der Waals surface area (Å²) in [5.74, 6) is 3.76. The van der Waals surface area contributed by atoms with Crippen LogP contribution in [0.15, 0.2) is 24.4 Å². The summed E-state index contributed by atoms with van der Waals surface area (Å²) in [5.41, 5.74) is 2.75. The highest BCUT2D eigenvalue weighted by atomic mass is 16.5. The van der Waals surface area contributed by atoms with Gasteiger partial charge in [-0.25, -0.2) is 4.98 Å². The van der Waals surface area contributed by atoms with E-state index in [9.17, 15) is 4.79 Å². The highest BCUT2D eigenvalue weighted by Crippen LogP contribution is 2.45. The van der Waals surface area contributed by atoms with Crippen LogP contribution >= 0.6 is 0 Å². The fourth-order valence-electron chi connectivity index (χ4n) is 5.22. The Bertz CT molecular complexity index is 994. The van der Waals surface area contributed by atoms with Crippen LogP contribution < -0.4 is 20.3 Å².